The first kappa shape index (κ1) is 22.4. The minimum absolute atomic E-state index is 0.0556. The number of nitrogens with one attached hydrogen (secondary N) is 1. The minimum atomic E-state index is -0.722. The molecule has 9 nitrogen and oxygen atoms in total. The third kappa shape index (κ3) is 6.03. The van der Waals surface area contributed by atoms with Gasteiger partial charge in [-0.15, -0.1) is 0 Å². The van der Waals surface area contributed by atoms with E-state index in [9.17, 15) is 14.4 Å². The number of aromatic nitrogens is 2. The normalized spacial score (nSPS) is 11.0. The van der Waals surface area contributed by atoms with E-state index in [4.69, 9.17) is 15.2 Å². The predicted octanol–water partition coefficient (Wildman–Crippen LogP) is 0.971. The van der Waals surface area contributed by atoms with Crippen molar-refractivity contribution in [2.75, 3.05) is 37.5 Å². The maximum Gasteiger partial charge on any atom is 0.330 e. The molecule has 0 aliphatic rings. The van der Waals surface area contributed by atoms with Crippen molar-refractivity contribution < 1.29 is 14.3 Å². The highest BCUT2D eigenvalue weighted by Crippen LogP contribution is 2.18. The monoisotopic (exact) mass is 404 g/mol. The number of methoxy groups -OCH3 is 1. The third-order valence-electron chi connectivity index (χ3n) is 4.19. The van der Waals surface area contributed by atoms with Crippen LogP contribution in [0.5, 0.6) is 0 Å². The Morgan fingerprint density at radius 2 is 1.93 bits per heavy atom. The first-order valence-corrected chi connectivity index (χ1v) is 9.38. The molecule has 3 N–H and O–H groups in total. The quantitative estimate of drug-likeness (QED) is 0.609. The van der Waals surface area contributed by atoms with Crippen molar-refractivity contribution in [3.63, 3.8) is 0 Å². The van der Waals surface area contributed by atoms with Gasteiger partial charge in [-0.05, 0) is 11.5 Å². The summed E-state index contributed by atoms with van der Waals surface area (Å²) in [4.78, 5) is 40.9. The van der Waals surface area contributed by atoms with E-state index in [0.717, 1.165) is 5.56 Å². The molecule has 1 heterocycles. The number of nitrogen functional groups attached to an aromatic ring is 1. The molecule has 1 amide bonds. The van der Waals surface area contributed by atoms with Crippen LogP contribution in [0.3, 0.4) is 0 Å². The fraction of sp³-hybridized carbons (Fsp3) is 0.450. The largest absolute Gasteiger partial charge is 0.383 e. The van der Waals surface area contributed by atoms with Gasteiger partial charge in [0.1, 0.15) is 12.4 Å². The van der Waals surface area contributed by atoms with Crippen LogP contribution in [0, 0.1) is 5.92 Å². The van der Waals surface area contributed by atoms with Gasteiger partial charge < -0.3 is 20.1 Å². The predicted molar refractivity (Wildman–Crippen MR) is 111 cm³/mol. The number of nitrogens with two attached hydrogens (primary N) is 1. The van der Waals surface area contributed by atoms with Crippen LogP contribution in [-0.4, -0.2) is 42.3 Å². The van der Waals surface area contributed by atoms with Crippen LogP contribution in [0.2, 0.25) is 0 Å². The average molecular weight is 404 g/mol. The SMILES string of the molecule is COCCN(C(=O)COCc1ccccc1)c1c(N)n(CC(C)C)c(=O)[nH]c1=O. The second-order valence-electron chi connectivity index (χ2n) is 7.01. The number of ether oxygens (including phenoxy) is 2. The molecular weight excluding hydrogens is 376 g/mol. The van der Waals surface area contributed by atoms with E-state index in [1.807, 2.05) is 44.2 Å². The van der Waals surface area contributed by atoms with Crippen molar-refractivity contribution in [2.45, 2.75) is 27.0 Å². The lowest BCUT2D eigenvalue weighted by Gasteiger charge is -2.24. The second kappa shape index (κ2) is 10.6. The third-order valence-corrected chi connectivity index (χ3v) is 4.19. The van der Waals surface area contributed by atoms with E-state index >= 15 is 0 Å². The Bertz CT molecular complexity index is 921. The number of benzene rings is 1. The molecule has 9 heteroatoms. The molecule has 0 unspecified atom stereocenters. The average Bonchev–Trinajstić information content (AvgIpc) is 2.68. The van der Waals surface area contributed by atoms with Crippen molar-refractivity contribution in [3.05, 3.63) is 56.7 Å². The van der Waals surface area contributed by atoms with Crippen molar-refractivity contribution >= 4 is 17.4 Å². The molecule has 0 fully saturated rings. The number of rotatable bonds is 10. The number of nitrogens with zero attached hydrogens (tertiary/aromatic N) is 2. The summed E-state index contributed by atoms with van der Waals surface area (Å²) >= 11 is 0. The van der Waals surface area contributed by atoms with Gasteiger partial charge in [0, 0.05) is 20.2 Å². The summed E-state index contributed by atoms with van der Waals surface area (Å²) in [5.74, 6) is -0.393. The molecule has 0 bridgehead atoms. The Kier molecular flexibility index (Phi) is 8.17. The van der Waals surface area contributed by atoms with E-state index in [-0.39, 0.29) is 43.8 Å². The van der Waals surface area contributed by atoms with Gasteiger partial charge in [0.15, 0.2) is 5.69 Å². The van der Waals surface area contributed by atoms with Crippen LogP contribution in [-0.2, 0) is 27.4 Å². The lowest BCUT2D eigenvalue weighted by Crippen LogP contribution is -2.44. The summed E-state index contributed by atoms with van der Waals surface area (Å²) in [6.45, 7) is 4.43. The van der Waals surface area contributed by atoms with Crippen molar-refractivity contribution in [3.8, 4) is 0 Å². The summed E-state index contributed by atoms with van der Waals surface area (Å²) in [6, 6.07) is 9.42. The van der Waals surface area contributed by atoms with E-state index in [1.165, 1.54) is 16.6 Å². The summed E-state index contributed by atoms with van der Waals surface area (Å²) < 4.78 is 11.8. The molecule has 2 aromatic rings. The number of aromatic amines is 1. The van der Waals surface area contributed by atoms with Crippen molar-refractivity contribution in [2.24, 2.45) is 5.92 Å². The summed E-state index contributed by atoms with van der Waals surface area (Å²) in [6.07, 6.45) is 0. The van der Waals surface area contributed by atoms with Gasteiger partial charge in [0.05, 0.1) is 13.2 Å². The van der Waals surface area contributed by atoms with Crippen LogP contribution in [0.1, 0.15) is 19.4 Å². The molecule has 2 rings (SSSR count). The van der Waals surface area contributed by atoms with Crippen LogP contribution >= 0.6 is 0 Å². The highest BCUT2D eigenvalue weighted by Gasteiger charge is 2.24. The van der Waals surface area contributed by atoms with E-state index in [2.05, 4.69) is 4.98 Å². The zero-order valence-corrected chi connectivity index (χ0v) is 17.0. The molecule has 29 heavy (non-hydrogen) atoms. The van der Waals surface area contributed by atoms with Gasteiger partial charge in [0.2, 0.25) is 0 Å². The molecule has 0 radical (unpaired) electrons. The fourth-order valence-electron chi connectivity index (χ4n) is 2.84. The van der Waals surface area contributed by atoms with Gasteiger partial charge >= 0.3 is 5.69 Å². The smallest absolute Gasteiger partial charge is 0.330 e. The lowest BCUT2D eigenvalue weighted by atomic mass is 10.2. The van der Waals surface area contributed by atoms with Gasteiger partial charge in [-0.2, -0.15) is 0 Å². The maximum atomic E-state index is 12.8. The molecule has 0 spiro atoms. The van der Waals surface area contributed by atoms with E-state index in [1.54, 1.807) is 0 Å². The molecule has 158 valence electrons. The van der Waals surface area contributed by atoms with E-state index < -0.39 is 17.2 Å². The molecule has 0 atom stereocenters. The molecule has 1 aromatic heterocycles. The molecule has 0 aliphatic heterocycles. The van der Waals surface area contributed by atoms with Crippen LogP contribution in [0.4, 0.5) is 11.5 Å². The van der Waals surface area contributed by atoms with Crippen LogP contribution in [0.15, 0.2) is 39.9 Å². The molecule has 0 aliphatic carbocycles. The first-order chi connectivity index (χ1) is 13.8. The van der Waals surface area contributed by atoms with Crippen LogP contribution in [0.25, 0.3) is 0 Å². The number of carbonyl (C=O) groups excluding carboxylic acids is 1. The highest BCUT2D eigenvalue weighted by molar-refractivity contribution is 5.96. The maximum absolute atomic E-state index is 12.8. The molecule has 0 saturated carbocycles. The molecule has 1 aromatic carbocycles. The van der Waals surface area contributed by atoms with Crippen molar-refractivity contribution in [1.29, 1.82) is 0 Å². The Hall–Kier alpha value is -2.91. The standard InChI is InChI=1S/C20H28N4O5/c1-14(2)11-24-18(21)17(19(26)22-20(24)27)23(9-10-28-3)16(25)13-29-12-15-7-5-4-6-8-15/h4-8,14H,9-13,21H2,1-3H3,(H,22,26,27). The number of carbonyl (C=O) groups is 1. The minimum Gasteiger partial charge on any atom is -0.383 e. The lowest BCUT2D eigenvalue weighted by molar-refractivity contribution is -0.123. The highest BCUT2D eigenvalue weighted by atomic mass is 16.5. The summed E-state index contributed by atoms with van der Waals surface area (Å²) in [7, 11) is 1.49. The Labute approximate surface area is 169 Å². The molecule has 0 saturated heterocycles. The first-order valence-electron chi connectivity index (χ1n) is 9.38. The van der Waals surface area contributed by atoms with Gasteiger partial charge in [-0.3, -0.25) is 19.1 Å². The zero-order valence-electron chi connectivity index (χ0n) is 17.0. The van der Waals surface area contributed by atoms with Crippen molar-refractivity contribution in [1.82, 2.24) is 9.55 Å². The second-order valence-corrected chi connectivity index (χ2v) is 7.01. The fourth-order valence-corrected chi connectivity index (χ4v) is 2.84. The number of amides is 1. The number of anilines is 2. The summed E-state index contributed by atoms with van der Waals surface area (Å²) in [5, 5.41) is 0. The zero-order chi connectivity index (χ0) is 21.4. The Morgan fingerprint density at radius 1 is 1.24 bits per heavy atom. The number of H-pyrrole nitrogens is 1. The topological polar surface area (TPSA) is 120 Å². The van der Waals surface area contributed by atoms with Gasteiger partial charge in [-0.25, -0.2) is 4.79 Å². The van der Waals surface area contributed by atoms with Gasteiger partial charge in [0.25, 0.3) is 11.5 Å². The Balaban J connectivity index is 2.27. The van der Waals surface area contributed by atoms with Gasteiger partial charge in [-0.1, -0.05) is 44.2 Å². The van der Waals surface area contributed by atoms with Crippen LogP contribution < -0.4 is 21.9 Å². The number of hydrogen-bond acceptors (Lipinski definition) is 6. The Morgan fingerprint density at radius 3 is 2.55 bits per heavy atom. The molecular formula is C20H28N4O5. The summed E-state index contributed by atoms with van der Waals surface area (Å²) in [5.41, 5.74) is 5.65. The number of hydrogen-bond donors (Lipinski definition) is 2. The van der Waals surface area contributed by atoms with E-state index in [0.29, 0.717) is 6.54 Å².